The Balaban J connectivity index is 1.29. The molecule has 7 nitrogen and oxygen atoms in total. The number of aryl methyl sites for hydroxylation is 1. The number of fused-ring (bicyclic) bond motifs is 4. The van der Waals surface area contributed by atoms with Crippen LogP contribution in [0, 0.1) is 6.92 Å². The molecule has 4 aromatic carbocycles. The van der Waals surface area contributed by atoms with E-state index >= 15 is 0 Å². The number of nitrogens with zero attached hydrogens (tertiary/aromatic N) is 6. The number of nitrogens with one attached hydrogen (secondary N) is 1. The van der Waals surface area contributed by atoms with Gasteiger partial charge in [-0.25, -0.2) is 9.99 Å². The number of benzene rings is 4. The first-order chi connectivity index (χ1) is 18.6. The summed E-state index contributed by atoms with van der Waals surface area (Å²) in [6.07, 6.45) is 0. The van der Waals surface area contributed by atoms with Gasteiger partial charge in [-0.15, -0.1) is 10.2 Å². The predicted molar refractivity (Wildman–Crippen MR) is 151 cm³/mol. The average Bonchev–Trinajstić information content (AvgIpc) is 3.52. The minimum absolute atomic E-state index is 0.517. The number of aromatic amines is 1. The van der Waals surface area contributed by atoms with Gasteiger partial charge in [0.25, 0.3) is 5.95 Å². The maximum absolute atomic E-state index is 6.20. The molecule has 1 aliphatic heterocycles. The summed E-state index contributed by atoms with van der Waals surface area (Å²) in [6, 6.07) is 32.4. The molecule has 0 atom stereocenters. The lowest BCUT2D eigenvalue weighted by molar-refractivity contribution is 0.796. The SMILES string of the molecule is Cc1nnc2n1-c1ccccc1C(c1ccc(Cl)cc1)=NN2Cc1ccc(-c2nc3ccccc3[nH]2)cc1. The van der Waals surface area contributed by atoms with E-state index in [1.807, 2.05) is 72.6 Å². The van der Waals surface area contributed by atoms with Crippen LogP contribution in [0.15, 0.2) is 102 Å². The standard InChI is InChI=1S/C30H22ClN7/c1-19-34-35-30-37(18-20-10-12-22(13-11-20)29-32-25-7-3-4-8-26(25)33-29)36-28(21-14-16-23(31)17-15-21)24-6-2-5-9-27(24)38(19)30/h2-17H,18H2,1H3,(H,32,33). The molecule has 7 rings (SSSR count). The minimum Gasteiger partial charge on any atom is -0.338 e. The second kappa shape index (κ2) is 8.97. The molecule has 184 valence electrons. The van der Waals surface area contributed by atoms with Crippen molar-refractivity contribution >= 4 is 34.3 Å². The normalized spacial score (nSPS) is 12.7. The number of hydrogen-bond donors (Lipinski definition) is 1. The zero-order chi connectivity index (χ0) is 25.6. The highest BCUT2D eigenvalue weighted by atomic mass is 35.5. The van der Waals surface area contributed by atoms with E-state index < -0.39 is 0 Å². The summed E-state index contributed by atoms with van der Waals surface area (Å²) in [5.74, 6) is 2.31. The predicted octanol–water partition coefficient (Wildman–Crippen LogP) is 6.55. The lowest BCUT2D eigenvalue weighted by atomic mass is 10.0. The number of hydrogen-bond acceptors (Lipinski definition) is 5. The molecule has 0 unspecified atom stereocenters. The van der Waals surface area contributed by atoms with Gasteiger partial charge in [0.05, 0.1) is 23.3 Å². The fraction of sp³-hybridized carbons (Fsp3) is 0.0667. The van der Waals surface area contributed by atoms with Gasteiger partial charge < -0.3 is 4.98 Å². The molecule has 38 heavy (non-hydrogen) atoms. The van der Waals surface area contributed by atoms with Crippen molar-refractivity contribution in [2.75, 3.05) is 5.01 Å². The number of aromatic nitrogens is 5. The van der Waals surface area contributed by atoms with Gasteiger partial charge in [-0.05, 0) is 42.8 Å². The van der Waals surface area contributed by atoms with E-state index in [-0.39, 0.29) is 0 Å². The van der Waals surface area contributed by atoms with Gasteiger partial charge in [-0.3, -0.25) is 4.57 Å². The molecule has 0 aliphatic carbocycles. The lowest BCUT2D eigenvalue weighted by Gasteiger charge is -2.18. The number of H-pyrrole nitrogens is 1. The summed E-state index contributed by atoms with van der Waals surface area (Å²) in [4.78, 5) is 8.13. The molecule has 0 spiro atoms. The maximum Gasteiger partial charge on any atom is 0.252 e. The zero-order valence-corrected chi connectivity index (χ0v) is 21.3. The summed E-state index contributed by atoms with van der Waals surface area (Å²) < 4.78 is 2.06. The van der Waals surface area contributed by atoms with Gasteiger partial charge in [0.1, 0.15) is 17.4 Å². The van der Waals surface area contributed by atoms with Crippen molar-refractivity contribution in [2.45, 2.75) is 13.5 Å². The van der Waals surface area contributed by atoms with Crippen LogP contribution in [0.4, 0.5) is 5.95 Å². The molecule has 6 aromatic rings. The van der Waals surface area contributed by atoms with Crippen molar-refractivity contribution in [1.29, 1.82) is 0 Å². The quantitative estimate of drug-likeness (QED) is 0.289. The fourth-order valence-corrected chi connectivity index (χ4v) is 4.97. The number of hydrazone groups is 1. The summed E-state index contributed by atoms with van der Waals surface area (Å²) in [5.41, 5.74) is 7.90. The van der Waals surface area contributed by atoms with Gasteiger partial charge >= 0.3 is 0 Å². The first kappa shape index (κ1) is 22.4. The first-order valence-corrected chi connectivity index (χ1v) is 12.7. The van der Waals surface area contributed by atoms with Crippen LogP contribution in [0.5, 0.6) is 0 Å². The Hall–Kier alpha value is -4.75. The molecule has 0 fully saturated rings. The van der Waals surface area contributed by atoms with Crippen molar-refractivity contribution in [3.8, 4) is 17.1 Å². The largest absolute Gasteiger partial charge is 0.338 e. The molecule has 0 bridgehead atoms. The Bertz CT molecular complexity index is 1780. The molecule has 8 heteroatoms. The highest BCUT2D eigenvalue weighted by Crippen LogP contribution is 2.31. The number of para-hydroxylation sites is 3. The first-order valence-electron chi connectivity index (χ1n) is 12.3. The monoisotopic (exact) mass is 515 g/mol. The third-order valence-corrected chi connectivity index (χ3v) is 6.98. The molecule has 3 heterocycles. The number of rotatable bonds is 4. The Labute approximate surface area is 224 Å². The van der Waals surface area contributed by atoms with Crippen molar-refractivity contribution in [3.05, 3.63) is 125 Å². The fourth-order valence-electron chi connectivity index (χ4n) is 4.85. The van der Waals surface area contributed by atoms with Gasteiger partial charge in [0, 0.05) is 21.7 Å². The van der Waals surface area contributed by atoms with E-state index in [1.54, 1.807) is 0 Å². The minimum atomic E-state index is 0.517. The van der Waals surface area contributed by atoms with E-state index in [4.69, 9.17) is 21.7 Å². The molecule has 1 N–H and O–H groups in total. The number of imidazole rings is 1. The topological polar surface area (TPSA) is 75.0 Å². The van der Waals surface area contributed by atoms with Gasteiger partial charge in [0.15, 0.2) is 0 Å². The summed E-state index contributed by atoms with van der Waals surface area (Å²) in [6.45, 7) is 2.48. The Kier molecular flexibility index (Phi) is 5.30. The molecule has 0 saturated carbocycles. The second-order valence-electron chi connectivity index (χ2n) is 9.21. The van der Waals surface area contributed by atoms with E-state index in [2.05, 4.69) is 56.1 Å². The van der Waals surface area contributed by atoms with E-state index in [0.717, 1.165) is 56.3 Å². The van der Waals surface area contributed by atoms with Gasteiger partial charge in [0.2, 0.25) is 0 Å². The van der Waals surface area contributed by atoms with Crippen LogP contribution in [-0.4, -0.2) is 30.4 Å². The summed E-state index contributed by atoms with van der Waals surface area (Å²) in [7, 11) is 0. The van der Waals surface area contributed by atoms with Crippen LogP contribution in [-0.2, 0) is 6.54 Å². The van der Waals surface area contributed by atoms with Crippen molar-refractivity contribution in [1.82, 2.24) is 24.7 Å². The molecular weight excluding hydrogens is 494 g/mol. The van der Waals surface area contributed by atoms with E-state index in [9.17, 15) is 0 Å². The van der Waals surface area contributed by atoms with E-state index in [0.29, 0.717) is 17.5 Å². The van der Waals surface area contributed by atoms with Crippen molar-refractivity contribution < 1.29 is 0 Å². The molecule has 2 aromatic heterocycles. The van der Waals surface area contributed by atoms with Crippen LogP contribution in [0.3, 0.4) is 0 Å². The Morgan fingerprint density at radius 2 is 1.53 bits per heavy atom. The van der Waals surface area contributed by atoms with Crippen LogP contribution in [0.25, 0.3) is 28.1 Å². The number of anilines is 1. The third kappa shape index (κ3) is 3.84. The van der Waals surface area contributed by atoms with Crippen LogP contribution >= 0.6 is 11.6 Å². The molecule has 0 saturated heterocycles. The molecule has 0 amide bonds. The Morgan fingerprint density at radius 3 is 2.34 bits per heavy atom. The maximum atomic E-state index is 6.20. The molecule has 1 aliphatic rings. The lowest BCUT2D eigenvalue weighted by Crippen LogP contribution is -2.20. The van der Waals surface area contributed by atoms with Crippen LogP contribution < -0.4 is 5.01 Å². The summed E-state index contributed by atoms with van der Waals surface area (Å²) >= 11 is 6.20. The molecular formula is C30H22ClN7. The Morgan fingerprint density at radius 1 is 0.789 bits per heavy atom. The highest BCUT2D eigenvalue weighted by Gasteiger charge is 2.26. The van der Waals surface area contributed by atoms with Gasteiger partial charge in [-0.2, -0.15) is 5.10 Å². The zero-order valence-electron chi connectivity index (χ0n) is 20.5. The van der Waals surface area contributed by atoms with Crippen molar-refractivity contribution in [3.63, 3.8) is 0 Å². The van der Waals surface area contributed by atoms with Crippen LogP contribution in [0.1, 0.15) is 22.5 Å². The van der Waals surface area contributed by atoms with Crippen molar-refractivity contribution in [2.24, 2.45) is 5.10 Å². The average molecular weight is 516 g/mol. The smallest absolute Gasteiger partial charge is 0.252 e. The van der Waals surface area contributed by atoms with E-state index in [1.165, 1.54) is 0 Å². The highest BCUT2D eigenvalue weighted by molar-refractivity contribution is 6.30. The molecule has 0 radical (unpaired) electrons. The van der Waals surface area contributed by atoms with Crippen LogP contribution in [0.2, 0.25) is 5.02 Å². The van der Waals surface area contributed by atoms with Gasteiger partial charge in [-0.1, -0.05) is 78.3 Å². The number of halogens is 1. The summed E-state index contributed by atoms with van der Waals surface area (Å²) in [5, 5.41) is 16.7. The third-order valence-electron chi connectivity index (χ3n) is 6.73. The second-order valence-corrected chi connectivity index (χ2v) is 9.65.